The second-order valence-electron chi connectivity index (χ2n) is 4.17. The van der Waals surface area contributed by atoms with E-state index in [4.69, 9.17) is 5.73 Å². The minimum absolute atomic E-state index is 0.000790. The summed E-state index contributed by atoms with van der Waals surface area (Å²) >= 11 is 0. The van der Waals surface area contributed by atoms with Crippen LogP contribution in [-0.2, 0) is 4.79 Å². The third-order valence-corrected chi connectivity index (χ3v) is 3.07. The van der Waals surface area contributed by atoms with Crippen molar-refractivity contribution in [2.45, 2.75) is 18.5 Å². The SMILES string of the molecule is CN1C(=O)CC(N)C1c1ccc([N+](=O)[O-])cc1. The Hall–Kier alpha value is -1.95. The Morgan fingerprint density at radius 1 is 1.41 bits per heavy atom. The highest BCUT2D eigenvalue weighted by Gasteiger charge is 2.36. The summed E-state index contributed by atoms with van der Waals surface area (Å²) in [5.41, 5.74) is 6.76. The van der Waals surface area contributed by atoms with Crippen LogP contribution in [0.2, 0.25) is 0 Å². The van der Waals surface area contributed by atoms with Gasteiger partial charge >= 0.3 is 0 Å². The number of likely N-dealkylation sites (N-methyl/N-ethyl adjacent to an activating group) is 1. The molecule has 0 aromatic heterocycles. The number of amides is 1. The van der Waals surface area contributed by atoms with Crippen LogP contribution in [0.4, 0.5) is 5.69 Å². The van der Waals surface area contributed by atoms with Crippen LogP contribution in [0.15, 0.2) is 24.3 Å². The molecule has 2 rings (SSSR count). The lowest BCUT2D eigenvalue weighted by atomic mass is 10.0. The fourth-order valence-electron chi connectivity index (χ4n) is 2.16. The van der Waals surface area contributed by atoms with Gasteiger partial charge in [-0.3, -0.25) is 14.9 Å². The molecule has 1 amide bonds. The summed E-state index contributed by atoms with van der Waals surface area (Å²) in [6, 6.07) is 5.71. The van der Waals surface area contributed by atoms with Gasteiger partial charge in [0.05, 0.1) is 11.0 Å². The summed E-state index contributed by atoms with van der Waals surface area (Å²) < 4.78 is 0. The van der Waals surface area contributed by atoms with Gasteiger partial charge in [0.15, 0.2) is 0 Å². The Labute approximate surface area is 98.2 Å². The van der Waals surface area contributed by atoms with E-state index < -0.39 is 4.92 Å². The van der Waals surface area contributed by atoms with Crippen molar-refractivity contribution in [3.05, 3.63) is 39.9 Å². The van der Waals surface area contributed by atoms with Crippen molar-refractivity contribution in [2.75, 3.05) is 7.05 Å². The Kier molecular flexibility index (Phi) is 2.81. The number of hydrogen-bond donors (Lipinski definition) is 1. The Bertz CT molecular complexity index is 458. The molecule has 1 saturated heterocycles. The van der Waals surface area contributed by atoms with E-state index in [9.17, 15) is 14.9 Å². The molecule has 0 radical (unpaired) electrons. The molecular formula is C11H13N3O3. The number of carbonyl (C=O) groups excluding carboxylic acids is 1. The molecule has 0 spiro atoms. The molecule has 17 heavy (non-hydrogen) atoms. The monoisotopic (exact) mass is 235 g/mol. The first-order chi connectivity index (χ1) is 8.00. The molecule has 0 aliphatic carbocycles. The highest BCUT2D eigenvalue weighted by molar-refractivity contribution is 5.80. The van der Waals surface area contributed by atoms with Gasteiger partial charge in [-0.1, -0.05) is 12.1 Å². The molecule has 1 heterocycles. The molecule has 1 aliphatic heterocycles. The maximum atomic E-state index is 11.5. The normalized spacial score (nSPS) is 24.1. The molecule has 2 N–H and O–H groups in total. The predicted octanol–water partition coefficient (Wildman–Crippen LogP) is 0.825. The van der Waals surface area contributed by atoms with Crippen LogP contribution in [-0.4, -0.2) is 28.8 Å². The Morgan fingerprint density at radius 3 is 2.41 bits per heavy atom. The molecule has 2 atom stereocenters. The zero-order valence-electron chi connectivity index (χ0n) is 9.37. The largest absolute Gasteiger partial charge is 0.337 e. The molecule has 6 heteroatoms. The molecule has 90 valence electrons. The maximum absolute atomic E-state index is 11.5. The first-order valence-corrected chi connectivity index (χ1v) is 5.26. The van der Waals surface area contributed by atoms with Crippen molar-refractivity contribution >= 4 is 11.6 Å². The van der Waals surface area contributed by atoms with Crippen LogP contribution < -0.4 is 5.73 Å². The topological polar surface area (TPSA) is 89.5 Å². The second-order valence-corrected chi connectivity index (χ2v) is 4.17. The molecular weight excluding hydrogens is 222 g/mol. The van der Waals surface area contributed by atoms with Crippen LogP contribution in [0.1, 0.15) is 18.0 Å². The van der Waals surface area contributed by atoms with Crippen molar-refractivity contribution in [1.82, 2.24) is 4.90 Å². The summed E-state index contributed by atoms with van der Waals surface area (Å²) in [7, 11) is 1.70. The number of rotatable bonds is 2. The average molecular weight is 235 g/mol. The van der Waals surface area contributed by atoms with Crippen LogP contribution >= 0.6 is 0 Å². The number of nitro groups is 1. The third-order valence-electron chi connectivity index (χ3n) is 3.07. The molecule has 6 nitrogen and oxygen atoms in total. The van der Waals surface area contributed by atoms with Crippen molar-refractivity contribution in [1.29, 1.82) is 0 Å². The van der Waals surface area contributed by atoms with Gasteiger partial charge in [-0.05, 0) is 5.56 Å². The van der Waals surface area contributed by atoms with E-state index >= 15 is 0 Å². The minimum Gasteiger partial charge on any atom is -0.337 e. The Morgan fingerprint density at radius 2 is 2.00 bits per heavy atom. The van der Waals surface area contributed by atoms with Crippen molar-refractivity contribution in [3.63, 3.8) is 0 Å². The van der Waals surface area contributed by atoms with Gasteiger partial charge in [-0.25, -0.2) is 0 Å². The molecule has 1 aromatic rings. The van der Waals surface area contributed by atoms with E-state index in [1.165, 1.54) is 12.1 Å². The summed E-state index contributed by atoms with van der Waals surface area (Å²) in [4.78, 5) is 23.1. The minimum atomic E-state index is -0.451. The summed E-state index contributed by atoms with van der Waals surface area (Å²) in [6.07, 6.45) is 0.318. The van der Waals surface area contributed by atoms with E-state index in [-0.39, 0.29) is 23.7 Å². The molecule has 1 aliphatic rings. The Balaban J connectivity index is 2.28. The van der Waals surface area contributed by atoms with Crippen molar-refractivity contribution < 1.29 is 9.72 Å². The fraction of sp³-hybridized carbons (Fsp3) is 0.364. The quantitative estimate of drug-likeness (QED) is 0.607. The van der Waals surface area contributed by atoms with Gasteiger partial charge in [0.25, 0.3) is 5.69 Å². The summed E-state index contributed by atoms with van der Waals surface area (Å²) in [5, 5.41) is 10.5. The standard InChI is InChI=1S/C11H13N3O3/c1-13-10(15)6-9(12)11(13)7-2-4-8(5-3-7)14(16)17/h2-5,9,11H,6,12H2,1H3. The van der Waals surface area contributed by atoms with E-state index in [0.29, 0.717) is 6.42 Å². The summed E-state index contributed by atoms with van der Waals surface area (Å²) in [6.45, 7) is 0. The third kappa shape index (κ3) is 1.99. The maximum Gasteiger partial charge on any atom is 0.269 e. The first-order valence-electron chi connectivity index (χ1n) is 5.26. The molecule has 0 bridgehead atoms. The number of benzene rings is 1. The number of likely N-dealkylation sites (tertiary alicyclic amines) is 1. The summed E-state index contributed by atoms with van der Waals surface area (Å²) in [5.74, 6) is 0.000790. The zero-order valence-corrected chi connectivity index (χ0v) is 9.37. The van der Waals surface area contributed by atoms with Gasteiger partial charge in [0, 0.05) is 31.6 Å². The van der Waals surface area contributed by atoms with Crippen LogP contribution in [0.5, 0.6) is 0 Å². The average Bonchev–Trinajstić information content (AvgIpc) is 2.53. The first kappa shape index (κ1) is 11.5. The highest BCUT2D eigenvalue weighted by atomic mass is 16.6. The molecule has 1 fully saturated rings. The number of nitrogens with two attached hydrogens (primary N) is 1. The molecule has 2 unspecified atom stereocenters. The van der Waals surface area contributed by atoms with E-state index in [0.717, 1.165) is 5.56 Å². The van der Waals surface area contributed by atoms with Crippen LogP contribution in [0, 0.1) is 10.1 Å². The lowest BCUT2D eigenvalue weighted by Gasteiger charge is -2.23. The number of carbonyl (C=O) groups is 1. The lowest BCUT2D eigenvalue weighted by Crippen LogP contribution is -2.30. The van der Waals surface area contributed by atoms with E-state index in [2.05, 4.69) is 0 Å². The molecule has 1 aromatic carbocycles. The van der Waals surface area contributed by atoms with Gasteiger partial charge in [0.2, 0.25) is 5.91 Å². The lowest BCUT2D eigenvalue weighted by molar-refractivity contribution is -0.384. The van der Waals surface area contributed by atoms with Crippen molar-refractivity contribution in [3.8, 4) is 0 Å². The number of nitro benzene ring substituents is 1. The molecule has 0 saturated carbocycles. The van der Waals surface area contributed by atoms with E-state index in [1.807, 2.05) is 0 Å². The van der Waals surface area contributed by atoms with Gasteiger partial charge in [-0.15, -0.1) is 0 Å². The van der Waals surface area contributed by atoms with Crippen molar-refractivity contribution in [2.24, 2.45) is 5.73 Å². The van der Waals surface area contributed by atoms with Crippen LogP contribution in [0.25, 0.3) is 0 Å². The number of non-ortho nitro benzene ring substituents is 1. The zero-order chi connectivity index (χ0) is 12.6. The van der Waals surface area contributed by atoms with Gasteiger partial charge in [0.1, 0.15) is 0 Å². The second kappa shape index (κ2) is 4.14. The van der Waals surface area contributed by atoms with E-state index in [1.54, 1.807) is 24.1 Å². The van der Waals surface area contributed by atoms with Crippen LogP contribution in [0.3, 0.4) is 0 Å². The number of nitrogens with zero attached hydrogens (tertiary/aromatic N) is 2. The smallest absolute Gasteiger partial charge is 0.269 e. The number of hydrogen-bond acceptors (Lipinski definition) is 4. The predicted molar refractivity (Wildman–Crippen MR) is 61.2 cm³/mol. The van der Waals surface area contributed by atoms with Gasteiger partial charge < -0.3 is 10.6 Å². The highest BCUT2D eigenvalue weighted by Crippen LogP contribution is 2.31. The van der Waals surface area contributed by atoms with Gasteiger partial charge in [-0.2, -0.15) is 0 Å². The fourth-order valence-corrected chi connectivity index (χ4v) is 2.16.